The number of benzene rings is 1. The summed E-state index contributed by atoms with van der Waals surface area (Å²) < 4.78 is 35.6. The van der Waals surface area contributed by atoms with E-state index < -0.39 is 10.0 Å². The van der Waals surface area contributed by atoms with Crippen LogP contribution in [-0.4, -0.2) is 55.8 Å². The van der Waals surface area contributed by atoms with Crippen molar-refractivity contribution < 1.29 is 22.7 Å². The molecule has 150 valence electrons. The van der Waals surface area contributed by atoms with Gasteiger partial charge in [-0.15, -0.1) is 0 Å². The molecule has 1 aromatic heterocycles. The molecule has 0 aliphatic heterocycles. The fraction of sp³-hybridized carbons (Fsp3) is 0.474. The molecule has 0 aliphatic carbocycles. The van der Waals surface area contributed by atoms with Crippen molar-refractivity contribution in [2.24, 2.45) is 0 Å². The van der Waals surface area contributed by atoms with E-state index in [1.807, 2.05) is 37.3 Å². The van der Waals surface area contributed by atoms with Crippen LogP contribution in [0.1, 0.15) is 24.0 Å². The third-order valence-corrected chi connectivity index (χ3v) is 5.33. The predicted octanol–water partition coefficient (Wildman–Crippen LogP) is 2.06. The monoisotopic (exact) mass is 396 g/mol. The minimum absolute atomic E-state index is 0.0372. The molecule has 0 saturated heterocycles. The Morgan fingerprint density at radius 3 is 2.44 bits per heavy atom. The van der Waals surface area contributed by atoms with E-state index in [1.54, 1.807) is 6.07 Å². The van der Waals surface area contributed by atoms with Crippen LogP contribution < -0.4 is 4.74 Å². The Balaban J connectivity index is 2.02. The van der Waals surface area contributed by atoms with Crippen LogP contribution in [-0.2, 0) is 29.7 Å². The molecule has 7 nitrogen and oxygen atoms in total. The summed E-state index contributed by atoms with van der Waals surface area (Å²) in [5, 5.41) is 9.37. The smallest absolute Gasteiger partial charge is 0.211 e. The number of hydrogen-bond acceptors (Lipinski definition) is 6. The molecule has 2 aromatic rings. The minimum atomic E-state index is -3.26. The van der Waals surface area contributed by atoms with Crippen LogP contribution in [0.5, 0.6) is 5.75 Å². The lowest BCUT2D eigenvalue weighted by molar-refractivity contribution is 0.173. The van der Waals surface area contributed by atoms with Crippen LogP contribution in [0.25, 0.3) is 0 Å². The molecule has 0 saturated carbocycles. The lowest BCUT2D eigenvalue weighted by Crippen LogP contribution is -2.26. The molecule has 0 spiro atoms. The quantitative estimate of drug-likeness (QED) is 0.626. The molecule has 0 bridgehead atoms. The molecule has 0 fully saturated rings. The number of ether oxygens (including phenoxy) is 1. The van der Waals surface area contributed by atoms with Gasteiger partial charge in [0.15, 0.2) is 0 Å². The summed E-state index contributed by atoms with van der Waals surface area (Å²) in [5.74, 6) is 2.13. The molecule has 0 unspecified atom stereocenters. The van der Waals surface area contributed by atoms with E-state index in [9.17, 15) is 13.5 Å². The number of aliphatic hydroxyl groups excluding tert-OH is 1. The molecule has 8 heteroatoms. The van der Waals surface area contributed by atoms with Crippen LogP contribution in [0, 0.1) is 0 Å². The highest BCUT2D eigenvalue weighted by atomic mass is 32.2. The van der Waals surface area contributed by atoms with Gasteiger partial charge in [0.05, 0.1) is 32.6 Å². The normalized spacial score (nSPS) is 12.1. The fourth-order valence-electron chi connectivity index (χ4n) is 2.66. The van der Waals surface area contributed by atoms with Crippen LogP contribution >= 0.6 is 0 Å². The highest BCUT2D eigenvalue weighted by Gasteiger charge is 2.15. The average molecular weight is 397 g/mol. The summed E-state index contributed by atoms with van der Waals surface area (Å²) in [6, 6.07) is 11.5. The van der Waals surface area contributed by atoms with Crippen LogP contribution in [0.4, 0.5) is 0 Å². The first-order valence-corrected chi connectivity index (χ1v) is 10.7. The zero-order valence-electron chi connectivity index (χ0n) is 16.1. The van der Waals surface area contributed by atoms with Gasteiger partial charge in [-0.05, 0) is 36.8 Å². The second-order valence-electron chi connectivity index (χ2n) is 6.40. The number of nitrogens with zero attached hydrogens (tertiary/aromatic N) is 2. The lowest BCUT2D eigenvalue weighted by atomic mass is 10.2. The Morgan fingerprint density at radius 2 is 1.81 bits per heavy atom. The average Bonchev–Trinajstić information content (AvgIpc) is 3.02. The molecule has 0 atom stereocenters. The third kappa shape index (κ3) is 6.99. The molecule has 0 aliphatic rings. The van der Waals surface area contributed by atoms with Gasteiger partial charge in [0.2, 0.25) is 10.0 Å². The summed E-state index contributed by atoms with van der Waals surface area (Å²) in [7, 11) is -1.74. The number of furan rings is 1. The SMILES string of the molecule is CCOc1cccc(CN(CCO)Cc2ccc(CN(C)S(C)(=O)=O)o2)c1. The first-order valence-electron chi connectivity index (χ1n) is 8.85. The summed E-state index contributed by atoms with van der Waals surface area (Å²) in [5.41, 5.74) is 1.08. The first kappa shape index (κ1) is 21.4. The van der Waals surface area contributed by atoms with E-state index in [2.05, 4.69) is 4.90 Å². The molecule has 27 heavy (non-hydrogen) atoms. The summed E-state index contributed by atoms with van der Waals surface area (Å²) in [4.78, 5) is 2.06. The van der Waals surface area contributed by atoms with E-state index in [-0.39, 0.29) is 13.2 Å². The zero-order chi connectivity index (χ0) is 19.9. The predicted molar refractivity (Wildman–Crippen MR) is 104 cm³/mol. The maximum atomic E-state index is 11.5. The molecule has 1 heterocycles. The number of sulfonamides is 1. The molecular weight excluding hydrogens is 368 g/mol. The van der Waals surface area contributed by atoms with Gasteiger partial charge < -0.3 is 14.3 Å². The lowest BCUT2D eigenvalue weighted by Gasteiger charge is -2.20. The third-order valence-electron chi connectivity index (χ3n) is 4.07. The second kappa shape index (κ2) is 9.89. The summed E-state index contributed by atoms with van der Waals surface area (Å²) >= 11 is 0. The largest absolute Gasteiger partial charge is 0.494 e. The Hall–Kier alpha value is -1.87. The van der Waals surface area contributed by atoms with Crippen molar-refractivity contribution in [2.45, 2.75) is 26.6 Å². The zero-order valence-corrected chi connectivity index (χ0v) is 16.9. The van der Waals surface area contributed by atoms with Gasteiger partial charge in [-0.3, -0.25) is 4.90 Å². The highest BCUT2D eigenvalue weighted by Crippen LogP contribution is 2.18. The number of aliphatic hydroxyl groups is 1. The topological polar surface area (TPSA) is 83.2 Å². The van der Waals surface area contributed by atoms with E-state index in [0.717, 1.165) is 23.3 Å². The van der Waals surface area contributed by atoms with Gasteiger partial charge in [-0.2, -0.15) is 4.31 Å². The van der Waals surface area contributed by atoms with Crippen molar-refractivity contribution in [3.63, 3.8) is 0 Å². The molecule has 0 radical (unpaired) electrons. The molecule has 1 aromatic carbocycles. The second-order valence-corrected chi connectivity index (χ2v) is 8.49. The van der Waals surface area contributed by atoms with E-state index in [4.69, 9.17) is 9.15 Å². The molecule has 2 rings (SSSR count). The standard InChI is InChI=1S/C19H28N2O5S/c1-4-25-17-7-5-6-16(12-17)13-21(10-11-22)15-19-9-8-18(26-19)14-20(2)27(3,23)24/h5-9,12,22H,4,10-11,13-15H2,1-3H3. The molecule has 1 N–H and O–H groups in total. The van der Waals surface area contributed by atoms with E-state index >= 15 is 0 Å². The number of rotatable bonds is 11. The van der Waals surface area contributed by atoms with Crippen LogP contribution in [0.3, 0.4) is 0 Å². The van der Waals surface area contributed by atoms with Crippen LogP contribution in [0.2, 0.25) is 0 Å². The van der Waals surface area contributed by atoms with Gasteiger partial charge in [0, 0.05) is 20.1 Å². The van der Waals surface area contributed by atoms with Crippen molar-refractivity contribution >= 4 is 10.0 Å². The van der Waals surface area contributed by atoms with Gasteiger partial charge >= 0.3 is 0 Å². The van der Waals surface area contributed by atoms with Crippen molar-refractivity contribution in [1.82, 2.24) is 9.21 Å². The van der Waals surface area contributed by atoms with Crippen molar-refractivity contribution in [1.29, 1.82) is 0 Å². The van der Waals surface area contributed by atoms with Gasteiger partial charge in [-0.25, -0.2) is 8.42 Å². The Kier molecular flexibility index (Phi) is 7.85. The van der Waals surface area contributed by atoms with Crippen molar-refractivity contribution in [3.8, 4) is 5.75 Å². The number of hydrogen-bond donors (Lipinski definition) is 1. The maximum Gasteiger partial charge on any atom is 0.211 e. The van der Waals surface area contributed by atoms with Crippen molar-refractivity contribution in [3.05, 3.63) is 53.5 Å². The first-order chi connectivity index (χ1) is 12.8. The fourth-order valence-corrected chi connectivity index (χ4v) is 3.03. The van der Waals surface area contributed by atoms with Gasteiger partial charge in [0.25, 0.3) is 0 Å². The Morgan fingerprint density at radius 1 is 1.11 bits per heavy atom. The van der Waals surface area contributed by atoms with E-state index in [1.165, 1.54) is 11.4 Å². The minimum Gasteiger partial charge on any atom is -0.494 e. The Labute approximate surface area is 161 Å². The van der Waals surface area contributed by atoms with Crippen molar-refractivity contribution in [2.75, 3.05) is 33.1 Å². The summed E-state index contributed by atoms with van der Waals surface area (Å²) in [6.45, 7) is 4.44. The van der Waals surface area contributed by atoms with E-state index in [0.29, 0.717) is 32.0 Å². The highest BCUT2D eigenvalue weighted by molar-refractivity contribution is 7.88. The maximum absolute atomic E-state index is 11.5. The van der Waals surface area contributed by atoms with Gasteiger partial charge in [0.1, 0.15) is 17.3 Å². The Bertz CT molecular complexity index is 819. The summed E-state index contributed by atoms with van der Waals surface area (Å²) in [6.07, 6.45) is 1.16. The van der Waals surface area contributed by atoms with Gasteiger partial charge in [-0.1, -0.05) is 12.1 Å². The van der Waals surface area contributed by atoms with Crippen LogP contribution in [0.15, 0.2) is 40.8 Å². The molecular formula is C19H28N2O5S. The molecule has 0 amide bonds.